The Balaban J connectivity index is 2.09. The average molecular weight is 312 g/mol. The van der Waals surface area contributed by atoms with E-state index in [-0.39, 0.29) is 0 Å². The van der Waals surface area contributed by atoms with Crippen molar-refractivity contribution >= 4 is 21.6 Å². The van der Waals surface area contributed by atoms with E-state index in [0.29, 0.717) is 6.04 Å². The van der Waals surface area contributed by atoms with E-state index in [1.165, 1.54) is 24.1 Å². The summed E-state index contributed by atoms with van der Waals surface area (Å²) in [6.07, 6.45) is 2.76. The van der Waals surface area contributed by atoms with E-state index in [2.05, 4.69) is 52.0 Å². The zero-order valence-electron chi connectivity index (χ0n) is 11.2. The molecule has 0 aliphatic heterocycles. The van der Waals surface area contributed by atoms with Crippen molar-refractivity contribution in [2.24, 2.45) is 5.92 Å². The normalized spacial score (nSPS) is 16.6. The Labute approximate surface area is 118 Å². The van der Waals surface area contributed by atoms with Gasteiger partial charge in [0.15, 0.2) is 0 Å². The van der Waals surface area contributed by atoms with Gasteiger partial charge in [-0.1, -0.05) is 28.1 Å². The molecule has 1 saturated carbocycles. The van der Waals surface area contributed by atoms with Crippen LogP contribution in [0.4, 0.5) is 5.69 Å². The standard InChI is InChI=1S/C15H22BrNO/c1-12(14-5-6-14)17(9-10-18-2)15-7-3-13(11-16)4-8-15/h3-4,7-8,12,14H,5-6,9-11H2,1-2H3. The number of nitrogens with zero attached hydrogens (tertiary/aromatic N) is 1. The van der Waals surface area contributed by atoms with Gasteiger partial charge in [0.2, 0.25) is 0 Å². The lowest BCUT2D eigenvalue weighted by molar-refractivity contribution is 0.202. The van der Waals surface area contributed by atoms with Gasteiger partial charge in [0.25, 0.3) is 0 Å². The molecule has 18 heavy (non-hydrogen) atoms. The zero-order chi connectivity index (χ0) is 13.0. The van der Waals surface area contributed by atoms with Gasteiger partial charge in [-0.2, -0.15) is 0 Å². The van der Waals surface area contributed by atoms with Crippen LogP contribution >= 0.6 is 15.9 Å². The quantitative estimate of drug-likeness (QED) is 0.710. The maximum atomic E-state index is 5.24. The Morgan fingerprint density at radius 2 is 2.00 bits per heavy atom. The van der Waals surface area contributed by atoms with Crippen LogP contribution in [0.2, 0.25) is 0 Å². The smallest absolute Gasteiger partial charge is 0.0637 e. The summed E-state index contributed by atoms with van der Waals surface area (Å²) in [5.41, 5.74) is 2.64. The molecule has 1 aromatic carbocycles. The maximum absolute atomic E-state index is 5.24. The molecule has 0 spiro atoms. The number of anilines is 1. The first-order chi connectivity index (χ1) is 8.76. The van der Waals surface area contributed by atoms with Crippen molar-refractivity contribution in [3.63, 3.8) is 0 Å². The SMILES string of the molecule is COCCN(c1ccc(CBr)cc1)C(C)C1CC1. The second-order valence-corrected chi connectivity index (χ2v) is 5.63. The fourth-order valence-corrected chi connectivity index (χ4v) is 2.74. The highest BCUT2D eigenvalue weighted by atomic mass is 79.9. The van der Waals surface area contributed by atoms with E-state index in [1.807, 2.05) is 0 Å². The highest BCUT2D eigenvalue weighted by Gasteiger charge is 2.31. The largest absolute Gasteiger partial charge is 0.383 e. The number of benzene rings is 1. The van der Waals surface area contributed by atoms with E-state index in [0.717, 1.165) is 24.4 Å². The van der Waals surface area contributed by atoms with Gasteiger partial charge in [0.05, 0.1) is 6.61 Å². The molecule has 0 saturated heterocycles. The molecule has 1 aromatic rings. The van der Waals surface area contributed by atoms with Gasteiger partial charge in [0, 0.05) is 30.7 Å². The van der Waals surface area contributed by atoms with E-state index in [4.69, 9.17) is 4.74 Å². The molecule has 0 heterocycles. The Morgan fingerprint density at radius 3 is 2.50 bits per heavy atom. The minimum atomic E-state index is 0.620. The lowest BCUT2D eigenvalue weighted by atomic mass is 10.1. The molecule has 3 heteroatoms. The maximum Gasteiger partial charge on any atom is 0.0637 e. The van der Waals surface area contributed by atoms with E-state index >= 15 is 0 Å². The third-order valence-electron chi connectivity index (χ3n) is 3.75. The highest BCUT2D eigenvalue weighted by molar-refractivity contribution is 9.08. The molecular formula is C15H22BrNO. The Morgan fingerprint density at radius 1 is 1.33 bits per heavy atom. The monoisotopic (exact) mass is 311 g/mol. The molecule has 2 rings (SSSR count). The van der Waals surface area contributed by atoms with E-state index < -0.39 is 0 Å². The molecule has 1 aliphatic rings. The third-order valence-corrected chi connectivity index (χ3v) is 4.40. The molecule has 1 fully saturated rings. The first kappa shape index (κ1) is 13.9. The zero-order valence-corrected chi connectivity index (χ0v) is 12.8. The minimum absolute atomic E-state index is 0.620. The summed E-state index contributed by atoms with van der Waals surface area (Å²) in [4.78, 5) is 2.49. The van der Waals surface area contributed by atoms with Gasteiger partial charge >= 0.3 is 0 Å². The van der Waals surface area contributed by atoms with Crippen LogP contribution in [0.3, 0.4) is 0 Å². The van der Waals surface area contributed by atoms with Gasteiger partial charge in [-0.3, -0.25) is 0 Å². The predicted octanol–water partition coefficient (Wildman–Crippen LogP) is 3.83. The number of halogens is 1. The summed E-state index contributed by atoms with van der Waals surface area (Å²) < 4.78 is 5.24. The van der Waals surface area contributed by atoms with Gasteiger partial charge in [-0.05, 0) is 43.4 Å². The van der Waals surface area contributed by atoms with Crippen LogP contribution in [0.5, 0.6) is 0 Å². The topological polar surface area (TPSA) is 12.5 Å². The molecule has 0 radical (unpaired) electrons. The van der Waals surface area contributed by atoms with Gasteiger partial charge in [-0.15, -0.1) is 0 Å². The summed E-state index contributed by atoms with van der Waals surface area (Å²) in [5.74, 6) is 0.873. The predicted molar refractivity (Wildman–Crippen MR) is 80.5 cm³/mol. The van der Waals surface area contributed by atoms with Crippen LogP contribution in [0.15, 0.2) is 24.3 Å². The lowest BCUT2D eigenvalue weighted by Crippen LogP contribution is -2.37. The minimum Gasteiger partial charge on any atom is -0.383 e. The first-order valence-corrected chi connectivity index (χ1v) is 7.79. The molecule has 0 N–H and O–H groups in total. The molecule has 2 nitrogen and oxygen atoms in total. The lowest BCUT2D eigenvalue weighted by Gasteiger charge is -2.31. The average Bonchev–Trinajstić information content (AvgIpc) is 3.24. The van der Waals surface area contributed by atoms with Crippen LogP contribution in [0, 0.1) is 5.92 Å². The molecule has 1 atom stereocenters. The van der Waals surface area contributed by atoms with Crippen molar-refractivity contribution in [3.05, 3.63) is 29.8 Å². The van der Waals surface area contributed by atoms with Crippen molar-refractivity contribution in [2.75, 3.05) is 25.2 Å². The molecule has 1 unspecified atom stereocenters. The summed E-state index contributed by atoms with van der Waals surface area (Å²) >= 11 is 3.49. The fourth-order valence-electron chi connectivity index (χ4n) is 2.37. The Kier molecular flexibility index (Phi) is 5.07. The molecular weight excluding hydrogens is 290 g/mol. The molecule has 0 aromatic heterocycles. The van der Waals surface area contributed by atoms with Crippen molar-refractivity contribution in [1.82, 2.24) is 0 Å². The number of rotatable bonds is 7. The number of ether oxygens (including phenoxy) is 1. The second kappa shape index (κ2) is 6.58. The Hall–Kier alpha value is -0.540. The van der Waals surface area contributed by atoms with E-state index in [9.17, 15) is 0 Å². The molecule has 0 bridgehead atoms. The summed E-state index contributed by atoms with van der Waals surface area (Å²) in [6, 6.07) is 9.47. The molecule has 100 valence electrons. The van der Waals surface area contributed by atoms with E-state index in [1.54, 1.807) is 7.11 Å². The summed E-state index contributed by atoms with van der Waals surface area (Å²) in [6.45, 7) is 4.10. The number of hydrogen-bond acceptors (Lipinski definition) is 2. The van der Waals surface area contributed by atoms with Crippen molar-refractivity contribution in [2.45, 2.75) is 31.1 Å². The first-order valence-electron chi connectivity index (χ1n) is 6.66. The molecule has 0 amide bonds. The molecule has 1 aliphatic carbocycles. The fraction of sp³-hybridized carbons (Fsp3) is 0.600. The summed E-state index contributed by atoms with van der Waals surface area (Å²) in [7, 11) is 1.77. The van der Waals surface area contributed by atoms with Crippen LogP contribution in [0.25, 0.3) is 0 Å². The van der Waals surface area contributed by atoms with Gasteiger partial charge in [0.1, 0.15) is 0 Å². The number of alkyl halides is 1. The van der Waals surface area contributed by atoms with Crippen LogP contribution < -0.4 is 4.90 Å². The van der Waals surface area contributed by atoms with Crippen molar-refractivity contribution < 1.29 is 4.74 Å². The number of methoxy groups -OCH3 is 1. The van der Waals surface area contributed by atoms with Gasteiger partial charge in [-0.25, -0.2) is 0 Å². The Bertz CT molecular complexity index is 361. The van der Waals surface area contributed by atoms with Crippen molar-refractivity contribution in [1.29, 1.82) is 0 Å². The van der Waals surface area contributed by atoms with Gasteiger partial charge < -0.3 is 9.64 Å². The highest BCUT2D eigenvalue weighted by Crippen LogP contribution is 2.36. The number of hydrogen-bond donors (Lipinski definition) is 0. The summed E-state index contributed by atoms with van der Waals surface area (Å²) in [5, 5.41) is 0.920. The third kappa shape index (κ3) is 3.48. The van der Waals surface area contributed by atoms with Crippen molar-refractivity contribution in [3.8, 4) is 0 Å². The second-order valence-electron chi connectivity index (χ2n) is 5.06. The van der Waals surface area contributed by atoms with Crippen LogP contribution in [-0.4, -0.2) is 26.3 Å². The van der Waals surface area contributed by atoms with Crippen LogP contribution in [0.1, 0.15) is 25.3 Å². The van der Waals surface area contributed by atoms with Crippen LogP contribution in [-0.2, 0) is 10.1 Å².